The van der Waals surface area contributed by atoms with Crippen LogP contribution in [-0.4, -0.2) is 18.4 Å². The van der Waals surface area contributed by atoms with Crippen LogP contribution in [0.3, 0.4) is 0 Å². The molecule has 2 aliphatic rings. The molecular formula is C10H14O3. The summed E-state index contributed by atoms with van der Waals surface area (Å²) < 4.78 is 4.96. The van der Waals surface area contributed by atoms with Gasteiger partial charge in [-0.3, -0.25) is 9.59 Å². The maximum absolute atomic E-state index is 11.2. The molecule has 0 aromatic carbocycles. The van der Waals surface area contributed by atoms with E-state index in [2.05, 4.69) is 0 Å². The fraction of sp³-hybridized carbons (Fsp3) is 0.800. The first kappa shape index (κ1) is 8.73. The fourth-order valence-electron chi connectivity index (χ4n) is 2.58. The number of hydrogen-bond donors (Lipinski definition) is 0. The summed E-state index contributed by atoms with van der Waals surface area (Å²) in [7, 11) is 0. The lowest BCUT2D eigenvalue weighted by atomic mass is 9.89. The van der Waals surface area contributed by atoms with Gasteiger partial charge >= 0.3 is 5.97 Å². The van der Waals surface area contributed by atoms with Gasteiger partial charge < -0.3 is 4.74 Å². The van der Waals surface area contributed by atoms with Crippen LogP contribution in [0.15, 0.2) is 0 Å². The van der Waals surface area contributed by atoms with Crippen LogP contribution < -0.4 is 0 Å². The molecule has 3 nitrogen and oxygen atoms in total. The highest BCUT2D eigenvalue weighted by Crippen LogP contribution is 2.46. The van der Waals surface area contributed by atoms with Crippen molar-refractivity contribution in [3.8, 4) is 0 Å². The monoisotopic (exact) mass is 182 g/mol. The van der Waals surface area contributed by atoms with Gasteiger partial charge in [0.1, 0.15) is 5.78 Å². The van der Waals surface area contributed by atoms with E-state index in [0.29, 0.717) is 24.2 Å². The minimum Gasteiger partial charge on any atom is -0.466 e. The molecule has 0 N–H and O–H groups in total. The van der Waals surface area contributed by atoms with Crippen molar-refractivity contribution in [2.24, 2.45) is 17.8 Å². The zero-order valence-corrected chi connectivity index (χ0v) is 7.79. The van der Waals surface area contributed by atoms with Gasteiger partial charge in [0.05, 0.1) is 6.61 Å². The predicted molar refractivity (Wildman–Crippen MR) is 46.0 cm³/mol. The lowest BCUT2D eigenvalue weighted by Gasteiger charge is -2.19. The van der Waals surface area contributed by atoms with Gasteiger partial charge in [-0.15, -0.1) is 0 Å². The minimum absolute atomic E-state index is 0.214. The Hall–Kier alpha value is -0.860. The first-order chi connectivity index (χ1) is 6.16. The van der Waals surface area contributed by atoms with Crippen LogP contribution in [0.25, 0.3) is 0 Å². The van der Waals surface area contributed by atoms with Gasteiger partial charge in [-0.2, -0.15) is 0 Å². The number of ketones is 1. The summed E-state index contributed by atoms with van der Waals surface area (Å²) in [5.74, 6) is 1.44. The summed E-state index contributed by atoms with van der Waals surface area (Å²) >= 11 is 0. The number of ether oxygens (including phenoxy) is 1. The quantitative estimate of drug-likeness (QED) is 0.602. The van der Waals surface area contributed by atoms with Crippen molar-refractivity contribution < 1.29 is 14.3 Å². The molecule has 0 unspecified atom stereocenters. The Morgan fingerprint density at radius 3 is 2.77 bits per heavy atom. The first-order valence-corrected chi connectivity index (χ1v) is 4.83. The smallest absolute Gasteiger partial charge is 0.302 e. The molecule has 2 bridgehead atoms. The van der Waals surface area contributed by atoms with Crippen LogP contribution in [0, 0.1) is 17.8 Å². The van der Waals surface area contributed by atoms with Crippen LogP contribution >= 0.6 is 0 Å². The number of fused-ring (bicyclic) bond motifs is 2. The van der Waals surface area contributed by atoms with Crippen molar-refractivity contribution >= 4 is 11.8 Å². The average molecular weight is 182 g/mol. The number of rotatable bonds is 2. The summed E-state index contributed by atoms with van der Waals surface area (Å²) in [6.07, 6.45) is 2.69. The lowest BCUT2D eigenvalue weighted by molar-refractivity contribution is -0.142. The number of esters is 1. The SMILES string of the molecule is CC(=O)OC[C@H]1C[C@H]2C[C@@H]1CC2=O. The van der Waals surface area contributed by atoms with Crippen LogP contribution in [0.2, 0.25) is 0 Å². The van der Waals surface area contributed by atoms with Crippen molar-refractivity contribution in [2.75, 3.05) is 6.61 Å². The maximum Gasteiger partial charge on any atom is 0.302 e. The second-order valence-electron chi connectivity index (χ2n) is 4.16. The zero-order valence-electron chi connectivity index (χ0n) is 7.79. The van der Waals surface area contributed by atoms with Gasteiger partial charge in [-0.05, 0) is 24.7 Å². The molecular weight excluding hydrogens is 168 g/mol. The second-order valence-corrected chi connectivity index (χ2v) is 4.16. The Morgan fingerprint density at radius 1 is 1.54 bits per heavy atom. The molecule has 2 fully saturated rings. The molecule has 0 saturated heterocycles. The average Bonchev–Trinajstić information content (AvgIpc) is 2.58. The van der Waals surface area contributed by atoms with E-state index in [0.717, 1.165) is 19.3 Å². The van der Waals surface area contributed by atoms with E-state index < -0.39 is 0 Å². The van der Waals surface area contributed by atoms with Crippen LogP contribution in [0.1, 0.15) is 26.2 Å². The Bertz CT molecular complexity index is 247. The topological polar surface area (TPSA) is 43.4 Å². The van der Waals surface area contributed by atoms with E-state index in [4.69, 9.17) is 4.74 Å². The van der Waals surface area contributed by atoms with Gasteiger partial charge in [0.25, 0.3) is 0 Å². The van der Waals surface area contributed by atoms with Crippen molar-refractivity contribution in [3.05, 3.63) is 0 Å². The minimum atomic E-state index is -0.214. The highest BCUT2D eigenvalue weighted by molar-refractivity contribution is 5.84. The van der Waals surface area contributed by atoms with Crippen molar-refractivity contribution in [1.82, 2.24) is 0 Å². The summed E-state index contributed by atoms with van der Waals surface area (Å²) in [4.78, 5) is 21.8. The molecule has 2 saturated carbocycles. The molecule has 3 heteroatoms. The van der Waals surface area contributed by atoms with E-state index >= 15 is 0 Å². The number of carbonyl (C=O) groups is 2. The van der Waals surface area contributed by atoms with Gasteiger partial charge in [-0.1, -0.05) is 0 Å². The van der Waals surface area contributed by atoms with Crippen molar-refractivity contribution in [2.45, 2.75) is 26.2 Å². The number of Topliss-reactive ketones (excluding diaryl/α,β-unsaturated/α-hetero) is 1. The largest absolute Gasteiger partial charge is 0.466 e. The number of carbonyl (C=O) groups excluding carboxylic acids is 2. The molecule has 0 aliphatic heterocycles. The molecule has 13 heavy (non-hydrogen) atoms. The van der Waals surface area contributed by atoms with E-state index in [1.165, 1.54) is 6.92 Å². The molecule has 2 aliphatic carbocycles. The summed E-state index contributed by atoms with van der Waals surface area (Å²) in [6, 6.07) is 0. The van der Waals surface area contributed by atoms with Crippen molar-refractivity contribution in [1.29, 1.82) is 0 Å². The third kappa shape index (κ3) is 1.60. The van der Waals surface area contributed by atoms with Gasteiger partial charge in [0.15, 0.2) is 0 Å². The Morgan fingerprint density at radius 2 is 2.31 bits per heavy atom. The second kappa shape index (κ2) is 3.13. The van der Waals surface area contributed by atoms with E-state index in [1.54, 1.807) is 0 Å². The fourth-order valence-corrected chi connectivity index (χ4v) is 2.58. The van der Waals surface area contributed by atoms with Gasteiger partial charge in [0, 0.05) is 19.3 Å². The standard InChI is InChI=1S/C10H14O3/c1-6(11)13-5-9-3-8-2-7(9)4-10(8)12/h7-9H,2-5H2,1H3/t7-,8-,9-/m1/s1. The van der Waals surface area contributed by atoms with Gasteiger partial charge in [-0.25, -0.2) is 0 Å². The van der Waals surface area contributed by atoms with Crippen LogP contribution in [-0.2, 0) is 14.3 Å². The summed E-state index contributed by atoms with van der Waals surface area (Å²) in [6.45, 7) is 1.95. The number of hydrogen-bond acceptors (Lipinski definition) is 3. The van der Waals surface area contributed by atoms with E-state index in [1.807, 2.05) is 0 Å². The lowest BCUT2D eigenvalue weighted by Crippen LogP contribution is -2.22. The Kier molecular flexibility index (Phi) is 2.10. The highest BCUT2D eigenvalue weighted by atomic mass is 16.5. The third-order valence-electron chi connectivity index (χ3n) is 3.26. The van der Waals surface area contributed by atoms with Crippen LogP contribution in [0.4, 0.5) is 0 Å². The summed E-state index contributed by atoms with van der Waals surface area (Å²) in [5, 5.41) is 0. The molecule has 3 atom stereocenters. The van der Waals surface area contributed by atoms with E-state index in [9.17, 15) is 9.59 Å². The van der Waals surface area contributed by atoms with E-state index in [-0.39, 0.29) is 11.9 Å². The van der Waals surface area contributed by atoms with Crippen molar-refractivity contribution in [3.63, 3.8) is 0 Å². The Labute approximate surface area is 77.4 Å². The molecule has 2 rings (SSSR count). The maximum atomic E-state index is 11.2. The third-order valence-corrected chi connectivity index (χ3v) is 3.26. The normalized spacial score (nSPS) is 36.7. The zero-order chi connectivity index (χ0) is 9.42. The predicted octanol–water partition coefficient (Wildman–Crippen LogP) is 1.16. The molecule has 0 aromatic rings. The molecule has 72 valence electrons. The molecule has 0 radical (unpaired) electrons. The summed E-state index contributed by atoms with van der Waals surface area (Å²) in [5.41, 5.74) is 0. The molecule has 0 heterocycles. The highest BCUT2D eigenvalue weighted by Gasteiger charge is 2.45. The Balaban J connectivity index is 1.85. The molecule has 0 amide bonds. The molecule has 0 spiro atoms. The molecule has 0 aromatic heterocycles. The van der Waals surface area contributed by atoms with Gasteiger partial charge in [0.2, 0.25) is 0 Å². The van der Waals surface area contributed by atoms with Crippen LogP contribution in [0.5, 0.6) is 0 Å². The first-order valence-electron chi connectivity index (χ1n) is 4.83.